The molecule has 0 unspecified atom stereocenters. The number of methoxy groups -OCH3 is 4. The molecule has 2 heterocycles. The number of amides is 1. The maximum Gasteiger partial charge on any atom is 0.290 e. The molecule has 0 aliphatic carbocycles. The molecule has 1 aromatic heterocycles. The number of Topliss-reactive ketones (excluding diaryl/α,β-unsaturated/α-hetero) is 1. The SMILES string of the molecule is COCCCN1C(=O)C(O)=C(C(=O)c2ccc(C)o2)[C@@H]1c1cc(OC)c(OC)c(OC)c1. The van der Waals surface area contributed by atoms with E-state index in [1.165, 1.54) is 32.3 Å². The van der Waals surface area contributed by atoms with E-state index in [-0.39, 0.29) is 17.9 Å². The molecule has 0 spiro atoms. The van der Waals surface area contributed by atoms with Crippen molar-refractivity contribution in [3.8, 4) is 17.2 Å². The highest BCUT2D eigenvalue weighted by atomic mass is 16.5. The predicted molar refractivity (Wildman–Crippen MR) is 114 cm³/mol. The summed E-state index contributed by atoms with van der Waals surface area (Å²) in [4.78, 5) is 27.7. The number of aryl methyl sites for hydroxylation is 1. The average molecular weight is 445 g/mol. The topological polar surface area (TPSA) is 108 Å². The average Bonchev–Trinajstić information content (AvgIpc) is 3.34. The van der Waals surface area contributed by atoms with Gasteiger partial charge in [0.05, 0.1) is 32.9 Å². The number of ketones is 1. The number of furan rings is 1. The van der Waals surface area contributed by atoms with Gasteiger partial charge in [0.1, 0.15) is 5.76 Å². The van der Waals surface area contributed by atoms with Crippen molar-refractivity contribution in [2.24, 2.45) is 0 Å². The third kappa shape index (κ3) is 4.16. The minimum Gasteiger partial charge on any atom is -0.503 e. The van der Waals surface area contributed by atoms with Crippen molar-refractivity contribution in [1.29, 1.82) is 0 Å². The molecule has 0 fully saturated rings. The molecule has 1 aromatic carbocycles. The van der Waals surface area contributed by atoms with Gasteiger partial charge in [-0.25, -0.2) is 0 Å². The number of aliphatic hydroxyl groups excluding tert-OH is 1. The van der Waals surface area contributed by atoms with Crippen molar-refractivity contribution in [2.75, 3.05) is 41.6 Å². The highest BCUT2D eigenvalue weighted by Crippen LogP contribution is 2.45. The van der Waals surface area contributed by atoms with Crippen LogP contribution in [0.2, 0.25) is 0 Å². The van der Waals surface area contributed by atoms with Crippen LogP contribution in [-0.2, 0) is 9.53 Å². The minimum atomic E-state index is -0.883. The molecule has 0 radical (unpaired) electrons. The molecule has 0 bridgehead atoms. The summed E-state index contributed by atoms with van der Waals surface area (Å²) in [5.74, 6) is -0.163. The second-order valence-corrected chi connectivity index (χ2v) is 7.21. The van der Waals surface area contributed by atoms with Gasteiger partial charge < -0.3 is 33.4 Å². The van der Waals surface area contributed by atoms with Crippen LogP contribution in [0.25, 0.3) is 0 Å². The molecule has 1 aliphatic rings. The number of nitrogens with zero attached hydrogens (tertiary/aromatic N) is 1. The standard InChI is InChI=1S/C23H27NO8/c1-13-7-8-15(32-13)20(25)18-19(24(9-6-10-28-2)23(27)21(18)26)14-11-16(29-3)22(31-5)17(12-14)30-4/h7-8,11-12,19,26H,6,9-10H2,1-5H3/t19-/m0/s1. The van der Waals surface area contributed by atoms with Gasteiger partial charge in [0, 0.05) is 20.3 Å². The lowest BCUT2D eigenvalue weighted by molar-refractivity contribution is -0.129. The van der Waals surface area contributed by atoms with Crippen molar-refractivity contribution < 1.29 is 38.1 Å². The molecule has 3 rings (SSSR count). The van der Waals surface area contributed by atoms with E-state index in [9.17, 15) is 14.7 Å². The molecule has 172 valence electrons. The van der Waals surface area contributed by atoms with E-state index < -0.39 is 23.5 Å². The van der Waals surface area contributed by atoms with Gasteiger partial charge in [-0.15, -0.1) is 0 Å². The Morgan fingerprint density at radius 3 is 2.25 bits per heavy atom. The zero-order valence-electron chi connectivity index (χ0n) is 18.8. The summed E-state index contributed by atoms with van der Waals surface area (Å²) in [7, 11) is 5.99. The third-order valence-electron chi connectivity index (χ3n) is 5.26. The Morgan fingerprint density at radius 1 is 1.09 bits per heavy atom. The number of carbonyl (C=O) groups excluding carboxylic acids is 2. The Labute approximate surface area is 186 Å². The molecule has 1 amide bonds. The van der Waals surface area contributed by atoms with Crippen molar-refractivity contribution in [3.63, 3.8) is 0 Å². The van der Waals surface area contributed by atoms with Crippen molar-refractivity contribution in [3.05, 3.63) is 52.7 Å². The van der Waals surface area contributed by atoms with E-state index in [1.807, 2.05) is 0 Å². The van der Waals surface area contributed by atoms with Crippen molar-refractivity contribution in [2.45, 2.75) is 19.4 Å². The first-order valence-electron chi connectivity index (χ1n) is 10.0. The summed E-state index contributed by atoms with van der Waals surface area (Å²) < 4.78 is 26.8. The van der Waals surface area contributed by atoms with E-state index in [4.69, 9.17) is 23.4 Å². The molecule has 0 saturated carbocycles. The molecule has 1 atom stereocenters. The van der Waals surface area contributed by atoms with Crippen LogP contribution in [0, 0.1) is 6.92 Å². The van der Waals surface area contributed by atoms with Gasteiger partial charge in [0.15, 0.2) is 23.0 Å². The minimum absolute atomic E-state index is 0.0352. The van der Waals surface area contributed by atoms with Gasteiger partial charge in [0.2, 0.25) is 11.5 Å². The monoisotopic (exact) mass is 445 g/mol. The van der Waals surface area contributed by atoms with Gasteiger partial charge in [-0.1, -0.05) is 0 Å². The number of ether oxygens (including phenoxy) is 4. The number of rotatable bonds is 10. The summed E-state index contributed by atoms with van der Waals surface area (Å²) in [5, 5.41) is 10.7. The van der Waals surface area contributed by atoms with Crippen LogP contribution >= 0.6 is 0 Å². The molecule has 32 heavy (non-hydrogen) atoms. The van der Waals surface area contributed by atoms with E-state index in [1.54, 1.807) is 32.2 Å². The van der Waals surface area contributed by atoms with Crippen LogP contribution in [0.3, 0.4) is 0 Å². The molecular formula is C23H27NO8. The van der Waals surface area contributed by atoms with Gasteiger partial charge in [-0.05, 0) is 43.2 Å². The van der Waals surface area contributed by atoms with Crippen LogP contribution in [-0.4, -0.2) is 63.3 Å². The first kappa shape index (κ1) is 23.2. The summed E-state index contributed by atoms with van der Waals surface area (Å²) >= 11 is 0. The normalized spacial score (nSPS) is 16.0. The van der Waals surface area contributed by atoms with Crippen LogP contribution in [0.15, 0.2) is 40.0 Å². The lowest BCUT2D eigenvalue weighted by atomic mass is 9.94. The van der Waals surface area contributed by atoms with Crippen LogP contribution in [0.4, 0.5) is 0 Å². The van der Waals surface area contributed by atoms with Gasteiger partial charge >= 0.3 is 0 Å². The van der Waals surface area contributed by atoms with Crippen molar-refractivity contribution in [1.82, 2.24) is 4.90 Å². The molecule has 1 aliphatic heterocycles. The maximum atomic E-state index is 13.3. The van der Waals surface area contributed by atoms with Gasteiger partial charge in [-0.3, -0.25) is 9.59 Å². The summed E-state index contributed by atoms with van der Waals surface area (Å²) in [6.45, 7) is 2.37. The smallest absolute Gasteiger partial charge is 0.290 e. The number of benzene rings is 1. The first-order valence-corrected chi connectivity index (χ1v) is 10.0. The molecule has 0 saturated heterocycles. The second-order valence-electron chi connectivity index (χ2n) is 7.21. The number of aliphatic hydroxyl groups is 1. The largest absolute Gasteiger partial charge is 0.503 e. The molecular weight excluding hydrogens is 418 g/mol. The zero-order valence-corrected chi connectivity index (χ0v) is 18.8. The van der Waals surface area contributed by atoms with Crippen LogP contribution < -0.4 is 14.2 Å². The van der Waals surface area contributed by atoms with E-state index >= 15 is 0 Å². The van der Waals surface area contributed by atoms with E-state index in [2.05, 4.69) is 0 Å². The van der Waals surface area contributed by atoms with Crippen LogP contribution in [0.1, 0.15) is 34.3 Å². The van der Waals surface area contributed by atoms with Crippen LogP contribution in [0.5, 0.6) is 17.2 Å². The lowest BCUT2D eigenvalue weighted by Gasteiger charge is -2.27. The highest BCUT2D eigenvalue weighted by Gasteiger charge is 2.44. The Hall–Kier alpha value is -3.46. The maximum absolute atomic E-state index is 13.3. The number of carbonyl (C=O) groups is 2. The Balaban J connectivity index is 2.15. The molecule has 9 nitrogen and oxygen atoms in total. The zero-order chi connectivity index (χ0) is 23.4. The fourth-order valence-corrected chi connectivity index (χ4v) is 3.79. The quantitative estimate of drug-likeness (QED) is 0.439. The fraction of sp³-hybridized carbons (Fsp3) is 0.391. The number of hydrogen-bond donors (Lipinski definition) is 1. The van der Waals surface area contributed by atoms with Crippen molar-refractivity contribution >= 4 is 11.7 Å². The molecule has 2 aromatic rings. The van der Waals surface area contributed by atoms with E-state index in [0.29, 0.717) is 41.6 Å². The Morgan fingerprint density at radius 2 is 1.75 bits per heavy atom. The Kier molecular flexibility index (Phi) is 7.09. The Bertz CT molecular complexity index is 1010. The molecule has 1 N–H and O–H groups in total. The predicted octanol–water partition coefficient (Wildman–Crippen LogP) is 3.23. The summed E-state index contributed by atoms with van der Waals surface area (Å²) in [6.07, 6.45) is 0.512. The second kappa shape index (κ2) is 9.78. The summed E-state index contributed by atoms with van der Waals surface area (Å²) in [5.41, 5.74) is 0.442. The third-order valence-corrected chi connectivity index (χ3v) is 5.26. The van der Waals surface area contributed by atoms with Gasteiger partial charge in [0.25, 0.3) is 5.91 Å². The van der Waals surface area contributed by atoms with Gasteiger partial charge in [-0.2, -0.15) is 0 Å². The molecule has 9 heteroatoms. The summed E-state index contributed by atoms with van der Waals surface area (Å²) in [6, 6.07) is 5.59. The fourth-order valence-electron chi connectivity index (χ4n) is 3.79. The highest BCUT2D eigenvalue weighted by molar-refractivity contribution is 6.15. The first-order chi connectivity index (χ1) is 15.4. The van der Waals surface area contributed by atoms with E-state index in [0.717, 1.165) is 0 Å². The number of hydrogen-bond acceptors (Lipinski definition) is 8. The lowest BCUT2D eigenvalue weighted by Crippen LogP contribution is -2.32.